The quantitative estimate of drug-likeness (QED) is 0.662. The van der Waals surface area contributed by atoms with Gasteiger partial charge in [0.25, 0.3) is 0 Å². The Labute approximate surface area is 123 Å². The molecule has 0 amide bonds. The van der Waals surface area contributed by atoms with Gasteiger partial charge in [-0.3, -0.25) is 9.78 Å². The average Bonchev–Trinajstić information content (AvgIpc) is 2.83. The van der Waals surface area contributed by atoms with Crippen LogP contribution in [0.4, 0.5) is 0 Å². The molecule has 3 aromatic rings. The molecular weight excluding hydrogens is 322 g/mol. The van der Waals surface area contributed by atoms with Gasteiger partial charge in [-0.15, -0.1) is 11.3 Å². The lowest BCUT2D eigenvalue weighted by Gasteiger charge is -2.00. The van der Waals surface area contributed by atoms with E-state index in [9.17, 15) is 4.79 Å². The Morgan fingerprint density at radius 2 is 2.05 bits per heavy atom. The van der Waals surface area contributed by atoms with Gasteiger partial charge in [0, 0.05) is 21.8 Å². The largest absolute Gasteiger partial charge is 0.292 e. The number of fused-ring (bicyclic) bond motifs is 1. The summed E-state index contributed by atoms with van der Waals surface area (Å²) in [7, 11) is 0. The molecule has 3 rings (SSSR count). The second kappa shape index (κ2) is 5.23. The van der Waals surface area contributed by atoms with Crippen molar-refractivity contribution < 1.29 is 4.79 Å². The van der Waals surface area contributed by atoms with E-state index in [-0.39, 0.29) is 5.78 Å². The molecule has 0 saturated carbocycles. The van der Waals surface area contributed by atoms with Gasteiger partial charge >= 0.3 is 0 Å². The topological polar surface area (TPSA) is 30.0 Å². The van der Waals surface area contributed by atoms with Crippen molar-refractivity contribution in [3.8, 4) is 0 Å². The number of halogens is 1. The number of ketones is 1. The lowest BCUT2D eigenvalue weighted by atomic mass is 10.1. The molecule has 2 nitrogen and oxygen atoms in total. The van der Waals surface area contributed by atoms with Crippen molar-refractivity contribution in [1.82, 2.24) is 4.98 Å². The van der Waals surface area contributed by atoms with Crippen molar-refractivity contribution in [3.05, 3.63) is 63.7 Å². The molecule has 19 heavy (non-hydrogen) atoms. The standard InChI is InChI=1S/C15H10BrNOS/c16-11-5-6-13(17-8-11)14(18)7-10-9-19-15-4-2-1-3-12(10)15/h1-6,8-9H,7H2. The number of carbonyl (C=O) groups excluding carboxylic acids is 1. The minimum atomic E-state index is 0.0519. The molecule has 0 aliphatic heterocycles. The zero-order valence-corrected chi connectivity index (χ0v) is 12.4. The fourth-order valence-corrected chi connectivity index (χ4v) is 3.17. The van der Waals surface area contributed by atoms with E-state index in [0.29, 0.717) is 12.1 Å². The Kier molecular flexibility index (Phi) is 3.44. The van der Waals surface area contributed by atoms with Crippen LogP contribution in [0.2, 0.25) is 0 Å². The number of hydrogen-bond donors (Lipinski definition) is 0. The highest BCUT2D eigenvalue weighted by Gasteiger charge is 2.11. The maximum atomic E-state index is 12.2. The minimum Gasteiger partial charge on any atom is -0.292 e. The van der Waals surface area contributed by atoms with Gasteiger partial charge in [-0.05, 0) is 50.5 Å². The van der Waals surface area contributed by atoms with Crippen molar-refractivity contribution in [1.29, 1.82) is 0 Å². The maximum Gasteiger partial charge on any atom is 0.185 e. The van der Waals surface area contributed by atoms with E-state index in [1.165, 1.54) is 4.70 Å². The monoisotopic (exact) mass is 331 g/mol. The predicted molar refractivity (Wildman–Crippen MR) is 81.8 cm³/mol. The zero-order chi connectivity index (χ0) is 13.2. The van der Waals surface area contributed by atoms with Crippen LogP contribution in [0.1, 0.15) is 16.1 Å². The van der Waals surface area contributed by atoms with Crippen LogP contribution in [-0.2, 0) is 6.42 Å². The molecule has 2 heterocycles. The lowest BCUT2D eigenvalue weighted by molar-refractivity contribution is 0.0988. The first-order chi connectivity index (χ1) is 9.24. The molecule has 94 valence electrons. The fraction of sp³-hybridized carbons (Fsp3) is 0.0667. The third-order valence-electron chi connectivity index (χ3n) is 2.93. The van der Waals surface area contributed by atoms with Gasteiger partial charge in [-0.1, -0.05) is 18.2 Å². The number of aromatic nitrogens is 1. The van der Waals surface area contributed by atoms with E-state index in [1.54, 1.807) is 23.6 Å². The zero-order valence-electron chi connectivity index (χ0n) is 9.97. The average molecular weight is 332 g/mol. The molecule has 0 bridgehead atoms. The van der Waals surface area contributed by atoms with Gasteiger partial charge in [0.1, 0.15) is 5.69 Å². The summed E-state index contributed by atoms with van der Waals surface area (Å²) in [5, 5.41) is 3.22. The van der Waals surface area contributed by atoms with Crippen molar-refractivity contribution >= 4 is 43.1 Å². The Bertz CT molecular complexity index is 733. The van der Waals surface area contributed by atoms with Crippen LogP contribution < -0.4 is 0 Å². The van der Waals surface area contributed by atoms with Gasteiger partial charge in [-0.25, -0.2) is 0 Å². The van der Waals surface area contributed by atoms with Gasteiger partial charge in [-0.2, -0.15) is 0 Å². The van der Waals surface area contributed by atoms with Gasteiger partial charge in [0.2, 0.25) is 0 Å². The van der Waals surface area contributed by atoms with E-state index in [0.717, 1.165) is 15.4 Å². The first-order valence-electron chi connectivity index (χ1n) is 5.84. The summed E-state index contributed by atoms with van der Waals surface area (Å²) in [6.07, 6.45) is 2.05. The highest BCUT2D eigenvalue weighted by atomic mass is 79.9. The van der Waals surface area contributed by atoms with E-state index < -0.39 is 0 Å². The summed E-state index contributed by atoms with van der Waals surface area (Å²) in [6.45, 7) is 0. The second-order valence-electron chi connectivity index (χ2n) is 4.22. The first-order valence-corrected chi connectivity index (χ1v) is 7.51. The van der Waals surface area contributed by atoms with Gasteiger partial charge in [0.15, 0.2) is 5.78 Å². The summed E-state index contributed by atoms with van der Waals surface area (Å²) >= 11 is 4.99. The van der Waals surface area contributed by atoms with Crippen molar-refractivity contribution in [3.63, 3.8) is 0 Å². The summed E-state index contributed by atoms with van der Waals surface area (Å²) in [6, 6.07) is 11.7. The van der Waals surface area contributed by atoms with E-state index in [4.69, 9.17) is 0 Å². The molecule has 0 spiro atoms. The minimum absolute atomic E-state index is 0.0519. The van der Waals surface area contributed by atoms with Crippen molar-refractivity contribution in [2.24, 2.45) is 0 Å². The van der Waals surface area contributed by atoms with Crippen LogP contribution in [0.25, 0.3) is 10.1 Å². The van der Waals surface area contributed by atoms with Crippen LogP contribution in [0.3, 0.4) is 0 Å². The summed E-state index contributed by atoms with van der Waals surface area (Å²) < 4.78 is 2.10. The van der Waals surface area contributed by atoms with Gasteiger partial charge in [0.05, 0.1) is 0 Å². The van der Waals surface area contributed by atoms with E-state index in [1.807, 2.05) is 18.2 Å². The second-order valence-corrected chi connectivity index (χ2v) is 6.05. The normalized spacial score (nSPS) is 10.8. The van der Waals surface area contributed by atoms with Crippen molar-refractivity contribution in [2.45, 2.75) is 6.42 Å². The molecular formula is C15H10BrNOS. The lowest BCUT2D eigenvalue weighted by Crippen LogP contribution is -2.05. The number of carbonyl (C=O) groups is 1. The van der Waals surface area contributed by atoms with Gasteiger partial charge < -0.3 is 0 Å². The Morgan fingerprint density at radius 1 is 1.21 bits per heavy atom. The molecule has 4 heteroatoms. The molecule has 0 aliphatic carbocycles. The summed E-state index contributed by atoms with van der Waals surface area (Å²) in [5.41, 5.74) is 1.59. The molecule has 0 unspecified atom stereocenters. The smallest absolute Gasteiger partial charge is 0.185 e. The first kappa shape index (κ1) is 12.5. The number of Topliss-reactive ketones (excluding diaryl/α,β-unsaturated/α-hetero) is 1. The number of pyridine rings is 1. The Morgan fingerprint density at radius 3 is 2.84 bits per heavy atom. The third-order valence-corrected chi connectivity index (χ3v) is 4.41. The molecule has 0 fully saturated rings. The number of hydrogen-bond acceptors (Lipinski definition) is 3. The number of benzene rings is 1. The maximum absolute atomic E-state index is 12.2. The third kappa shape index (κ3) is 2.60. The number of thiophene rings is 1. The van der Waals surface area contributed by atoms with Crippen LogP contribution in [0, 0.1) is 0 Å². The van der Waals surface area contributed by atoms with Crippen LogP contribution in [0.15, 0.2) is 52.4 Å². The summed E-state index contributed by atoms with van der Waals surface area (Å²) in [4.78, 5) is 16.3. The predicted octanol–water partition coefficient (Wildman–Crippen LogP) is 4.48. The number of rotatable bonds is 3. The van der Waals surface area contributed by atoms with E-state index in [2.05, 4.69) is 38.4 Å². The highest BCUT2D eigenvalue weighted by Crippen LogP contribution is 2.26. The molecule has 0 atom stereocenters. The Hall–Kier alpha value is -1.52. The van der Waals surface area contributed by atoms with Crippen molar-refractivity contribution in [2.75, 3.05) is 0 Å². The van der Waals surface area contributed by atoms with Crippen LogP contribution >= 0.6 is 27.3 Å². The molecule has 0 radical (unpaired) electrons. The molecule has 1 aromatic carbocycles. The highest BCUT2D eigenvalue weighted by molar-refractivity contribution is 9.10. The molecule has 0 N–H and O–H groups in total. The molecule has 0 aliphatic rings. The Balaban J connectivity index is 1.89. The van der Waals surface area contributed by atoms with Crippen LogP contribution in [0.5, 0.6) is 0 Å². The fourth-order valence-electron chi connectivity index (χ4n) is 1.97. The summed E-state index contributed by atoms with van der Waals surface area (Å²) in [5.74, 6) is 0.0519. The SMILES string of the molecule is O=C(Cc1csc2ccccc12)c1ccc(Br)cn1. The molecule has 2 aromatic heterocycles. The van der Waals surface area contributed by atoms with E-state index >= 15 is 0 Å². The molecule has 0 saturated heterocycles. The number of nitrogens with zero attached hydrogens (tertiary/aromatic N) is 1. The van der Waals surface area contributed by atoms with Crippen LogP contribution in [-0.4, -0.2) is 10.8 Å².